The molecule has 0 radical (unpaired) electrons. The minimum Gasteiger partial charge on any atom is -0.489 e. The molecule has 0 heterocycles. The van der Waals surface area contributed by atoms with Gasteiger partial charge in [0.05, 0.1) is 10.0 Å². The highest BCUT2D eigenvalue weighted by Crippen LogP contribution is 2.37. The van der Waals surface area contributed by atoms with E-state index in [2.05, 4.69) is 5.16 Å². The van der Waals surface area contributed by atoms with Crippen LogP contribution in [0, 0.1) is 0 Å². The Kier molecular flexibility index (Phi) is 10.5. The number of ether oxygens (including phenoxy) is 2. The number of hydrogen-bond donors (Lipinski definition) is 0. The second-order valence-corrected chi connectivity index (χ2v) is 8.59. The van der Waals surface area contributed by atoms with Gasteiger partial charge >= 0.3 is 6.18 Å². The van der Waals surface area contributed by atoms with Gasteiger partial charge in [0.1, 0.15) is 29.6 Å². The zero-order valence-corrected chi connectivity index (χ0v) is 20.6. The van der Waals surface area contributed by atoms with Crippen LogP contribution in [0.15, 0.2) is 52.1 Å². The number of benzene rings is 2. The largest absolute Gasteiger partial charge is 0.489 e. The van der Waals surface area contributed by atoms with Gasteiger partial charge in [-0.25, -0.2) is 0 Å². The molecule has 0 saturated heterocycles. The summed E-state index contributed by atoms with van der Waals surface area (Å²) in [6.45, 7) is 3.56. The smallest absolute Gasteiger partial charge is 0.437 e. The van der Waals surface area contributed by atoms with E-state index in [4.69, 9.17) is 60.7 Å². The maximum atomic E-state index is 13.4. The average molecular weight is 545 g/mol. The summed E-state index contributed by atoms with van der Waals surface area (Å²) in [6, 6.07) is 8.57. The van der Waals surface area contributed by atoms with Gasteiger partial charge in [0.2, 0.25) is 0 Å². The highest BCUT2D eigenvalue weighted by molar-refractivity contribution is 6.55. The minimum atomic E-state index is -4.67. The second-order valence-electron chi connectivity index (χ2n) is 6.77. The molecule has 2 rings (SSSR count). The third kappa shape index (κ3) is 8.81. The fourth-order valence-electron chi connectivity index (χ4n) is 2.36. The van der Waals surface area contributed by atoms with Gasteiger partial charge in [-0.15, -0.1) is 0 Å². The Morgan fingerprint density at radius 1 is 1.06 bits per heavy atom. The molecule has 4 nitrogen and oxygen atoms in total. The van der Waals surface area contributed by atoms with E-state index in [-0.39, 0.29) is 39.1 Å². The maximum absolute atomic E-state index is 13.4. The van der Waals surface area contributed by atoms with Gasteiger partial charge in [-0.2, -0.15) is 13.2 Å². The molecule has 0 N–H and O–H groups in total. The fourth-order valence-corrected chi connectivity index (χ4v) is 3.06. The van der Waals surface area contributed by atoms with Crippen LogP contribution in [0.25, 0.3) is 0 Å². The first-order chi connectivity index (χ1) is 15.5. The van der Waals surface area contributed by atoms with Crippen molar-refractivity contribution in [3.63, 3.8) is 0 Å². The summed E-state index contributed by atoms with van der Waals surface area (Å²) < 4.78 is 51.3. The predicted molar refractivity (Wildman–Crippen MR) is 126 cm³/mol. The number of halogens is 7. The predicted octanol–water partition coefficient (Wildman–Crippen LogP) is 8.35. The Balaban J connectivity index is 2.10. The topological polar surface area (TPSA) is 40.0 Å². The van der Waals surface area contributed by atoms with Crippen LogP contribution in [0.5, 0.6) is 11.5 Å². The van der Waals surface area contributed by atoms with Gasteiger partial charge in [-0.05, 0) is 25.0 Å². The van der Waals surface area contributed by atoms with Crippen LogP contribution in [0.4, 0.5) is 13.2 Å². The lowest BCUT2D eigenvalue weighted by Gasteiger charge is -2.14. The van der Waals surface area contributed by atoms with E-state index in [1.54, 1.807) is 13.8 Å². The number of rotatable bonds is 10. The third-order valence-electron chi connectivity index (χ3n) is 4.24. The summed E-state index contributed by atoms with van der Waals surface area (Å²) in [5, 5.41) is 3.71. The van der Waals surface area contributed by atoms with Crippen molar-refractivity contribution in [2.45, 2.75) is 39.2 Å². The summed E-state index contributed by atoms with van der Waals surface area (Å²) in [5.74, 6) is 0.589. The lowest BCUT2D eigenvalue weighted by atomic mass is 10.1. The standard InChI is InChI=1S/C22H20Cl4F3NO3/c1-3-13(2)33-30-21(22(27,28)29)15-6-4-14(5-7-15)12-32-20-17(23)10-16(11-18(20)24)31-9-8-19(25)26/h4-8,10-11,13H,3,9,12H2,1-2H3. The Bertz CT molecular complexity index is 968. The lowest BCUT2D eigenvalue weighted by Crippen LogP contribution is -2.25. The number of nitrogens with zero attached hydrogens (tertiary/aromatic N) is 1. The van der Waals surface area contributed by atoms with Crippen LogP contribution in [-0.4, -0.2) is 24.6 Å². The van der Waals surface area contributed by atoms with Crippen LogP contribution in [0.2, 0.25) is 10.0 Å². The molecule has 0 bridgehead atoms. The molecule has 11 heteroatoms. The molecular formula is C22H20Cl4F3NO3. The minimum absolute atomic E-state index is 0.0202. The molecule has 180 valence electrons. The van der Waals surface area contributed by atoms with Gasteiger partial charge < -0.3 is 14.3 Å². The molecular weight excluding hydrogens is 525 g/mol. The Morgan fingerprint density at radius 3 is 2.18 bits per heavy atom. The molecule has 2 aromatic carbocycles. The van der Waals surface area contributed by atoms with Crippen molar-refractivity contribution in [3.05, 3.63) is 68.1 Å². The Labute approximate surface area is 209 Å². The Morgan fingerprint density at radius 2 is 1.67 bits per heavy atom. The van der Waals surface area contributed by atoms with E-state index < -0.39 is 18.0 Å². The molecule has 33 heavy (non-hydrogen) atoms. The van der Waals surface area contributed by atoms with E-state index in [1.807, 2.05) is 0 Å². The van der Waals surface area contributed by atoms with Crippen molar-refractivity contribution in [2.75, 3.05) is 6.61 Å². The van der Waals surface area contributed by atoms with Crippen molar-refractivity contribution in [2.24, 2.45) is 5.16 Å². The lowest BCUT2D eigenvalue weighted by molar-refractivity contribution is -0.0630. The van der Waals surface area contributed by atoms with Crippen molar-refractivity contribution in [1.29, 1.82) is 0 Å². The molecule has 1 unspecified atom stereocenters. The summed E-state index contributed by atoms with van der Waals surface area (Å²) in [4.78, 5) is 4.93. The number of oxime groups is 1. The zero-order chi connectivity index (χ0) is 24.6. The molecule has 0 saturated carbocycles. The van der Waals surface area contributed by atoms with Gasteiger partial charge in [0, 0.05) is 17.7 Å². The second kappa shape index (κ2) is 12.6. The number of alkyl halides is 3. The van der Waals surface area contributed by atoms with Gasteiger partial charge in [-0.1, -0.05) is 82.7 Å². The van der Waals surface area contributed by atoms with Gasteiger partial charge in [0.25, 0.3) is 0 Å². The van der Waals surface area contributed by atoms with Crippen LogP contribution in [0.3, 0.4) is 0 Å². The molecule has 2 aromatic rings. The highest BCUT2D eigenvalue weighted by Gasteiger charge is 2.38. The molecule has 0 aliphatic heterocycles. The van der Waals surface area contributed by atoms with E-state index in [0.29, 0.717) is 17.7 Å². The van der Waals surface area contributed by atoms with E-state index in [9.17, 15) is 13.2 Å². The first-order valence-electron chi connectivity index (χ1n) is 9.67. The third-order valence-corrected chi connectivity index (χ3v) is 5.11. The number of hydrogen-bond acceptors (Lipinski definition) is 4. The molecule has 0 aliphatic carbocycles. The van der Waals surface area contributed by atoms with E-state index in [0.717, 1.165) is 0 Å². The van der Waals surface area contributed by atoms with Crippen molar-refractivity contribution in [1.82, 2.24) is 0 Å². The van der Waals surface area contributed by atoms with E-state index in [1.165, 1.54) is 42.5 Å². The average Bonchev–Trinajstić information content (AvgIpc) is 2.73. The van der Waals surface area contributed by atoms with Crippen LogP contribution in [0.1, 0.15) is 31.4 Å². The summed E-state index contributed by atoms with van der Waals surface area (Å²) in [5.41, 5.74) is -0.641. The van der Waals surface area contributed by atoms with Crippen LogP contribution in [-0.2, 0) is 11.4 Å². The summed E-state index contributed by atoms with van der Waals surface area (Å²) >= 11 is 23.5. The molecule has 0 aromatic heterocycles. The van der Waals surface area contributed by atoms with Gasteiger partial charge in [0.15, 0.2) is 11.5 Å². The van der Waals surface area contributed by atoms with Crippen LogP contribution < -0.4 is 9.47 Å². The van der Waals surface area contributed by atoms with Crippen molar-refractivity contribution in [3.8, 4) is 11.5 Å². The molecule has 1 atom stereocenters. The Hall–Kier alpha value is -1.80. The first kappa shape index (κ1) is 27.4. The molecule has 0 spiro atoms. The van der Waals surface area contributed by atoms with Gasteiger partial charge in [-0.3, -0.25) is 0 Å². The van der Waals surface area contributed by atoms with Crippen molar-refractivity contribution < 1.29 is 27.5 Å². The van der Waals surface area contributed by atoms with Crippen molar-refractivity contribution >= 4 is 52.1 Å². The molecule has 0 amide bonds. The molecule has 0 aliphatic rings. The molecule has 0 fully saturated rings. The maximum Gasteiger partial charge on any atom is 0.437 e. The summed E-state index contributed by atoms with van der Waals surface area (Å²) in [6.07, 6.45) is -3.12. The van der Waals surface area contributed by atoms with E-state index >= 15 is 0 Å². The fraction of sp³-hybridized carbons (Fsp3) is 0.318. The quantitative estimate of drug-likeness (QED) is 0.223. The normalized spacial score (nSPS) is 12.8. The first-order valence-corrected chi connectivity index (χ1v) is 11.2. The summed E-state index contributed by atoms with van der Waals surface area (Å²) in [7, 11) is 0. The highest BCUT2D eigenvalue weighted by atomic mass is 35.5. The monoisotopic (exact) mass is 543 g/mol. The van der Waals surface area contributed by atoms with Crippen LogP contribution >= 0.6 is 46.4 Å². The zero-order valence-electron chi connectivity index (χ0n) is 17.6. The SMILES string of the molecule is CCC(C)ON=C(c1ccc(COc2c(Cl)cc(OCC=C(Cl)Cl)cc2Cl)cc1)C(F)(F)F.